The minimum atomic E-state index is -0.471. The summed E-state index contributed by atoms with van der Waals surface area (Å²) < 4.78 is 10.0. The predicted molar refractivity (Wildman–Crippen MR) is 82.1 cm³/mol. The van der Waals surface area contributed by atoms with Crippen LogP contribution in [0.2, 0.25) is 0 Å². The van der Waals surface area contributed by atoms with Crippen LogP contribution >= 0.6 is 11.3 Å². The van der Waals surface area contributed by atoms with Gasteiger partial charge in [-0.1, -0.05) is 0 Å². The van der Waals surface area contributed by atoms with E-state index >= 15 is 0 Å². The molecule has 0 saturated heterocycles. The number of methoxy groups -OCH3 is 1. The Morgan fingerprint density at radius 2 is 2.23 bits per heavy atom. The lowest BCUT2D eigenvalue weighted by Gasteiger charge is -2.01. The molecule has 3 rings (SSSR count). The average Bonchev–Trinajstić information content (AvgIpc) is 3.23. The molecule has 0 aliphatic heterocycles. The van der Waals surface area contributed by atoms with Crippen LogP contribution < -0.4 is 0 Å². The molecule has 3 aromatic heterocycles. The van der Waals surface area contributed by atoms with Crippen LogP contribution in [-0.4, -0.2) is 28.0 Å². The predicted octanol–water partition coefficient (Wildman–Crippen LogP) is 3.15. The van der Waals surface area contributed by atoms with Crippen LogP contribution in [0.15, 0.2) is 41.5 Å². The van der Waals surface area contributed by atoms with E-state index in [1.165, 1.54) is 31.0 Å². The van der Waals surface area contributed by atoms with Gasteiger partial charge in [0.1, 0.15) is 11.9 Å². The highest BCUT2D eigenvalue weighted by Gasteiger charge is 2.11. The zero-order chi connectivity index (χ0) is 15.4. The maximum absolute atomic E-state index is 11.6. The molecule has 0 amide bonds. The van der Waals surface area contributed by atoms with Gasteiger partial charge in [-0.3, -0.25) is 0 Å². The normalized spacial score (nSPS) is 11.0. The molecule has 0 aromatic carbocycles. The molecule has 0 unspecified atom stereocenters. The highest BCUT2D eigenvalue weighted by atomic mass is 32.1. The number of hydrogen-bond acceptors (Lipinski definition) is 7. The SMILES string of the molecule is COC(=O)c1cncnc1/C=C/c1cnc(-c2ccco2)s1. The van der Waals surface area contributed by atoms with Crippen LogP contribution in [0.25, 0.3) is 22.9 Å². The van der Waals surface area contributed by atoms with Gasteiger partial charge in [-0.05, 0) is 24.3 Å². The van der Waals surface area contributed by atoms with E-state index in [0.29, 0.717) is 11.3 Å². The molecule has 0 aliphatic carbocycles. The molecule has 110 valence electrons. The van der Waals surface area contributed by atoms with Gasteiger partial charge in [0.2, 0.25) is 0 Å². The van der Waals surface area contributed by atoms with Crippen molar-refractivity contribution in [3.8, 4) is 10.8 Å². The summed E-state index contributed by atoms with van der Waals surface area (Å²) in [6.45, 7) is 0. The zero-order valence-electron chi connectivity index (χ0n) is 11.6. The van der Waals surface area contributed by atoms with Gasteiger partial charge in [0.15, 0.2) is 10.8 Å². The number of rotatable bonds is 4. The van der Waals surface area contributed by atoms with E-state index < -0.39 is 5.97 Å². The van der Waals surface area contributed by atoms with Crippen molar-refractivity contribution in [3.63, 3.8) is 0 Å². The van der Waals surface area contributed by atoms with E-state index in [1.807, 2.05) is 18.2 Å². The summed E-state index contributed by atoms with van der Waals surface area (Å²) in [5.41, 5.74) is 0.812. The van der Waals surface area contributed by atoms with E-state index in [9.17, 15) is 4.79 Å². The average molecular weight is 313 g/mol. The monoisotopic (exact) mass is 313 g/mol. The van der Waals surface area contributed by atoms with Crippen molar-refractivity contribution < 1.29 is 13.9 Å². The fourth-order valence-corrected chi connectivity index (χ4v) is 2.56. The van der Waals surface area contributed by atoms with Crippen molar-refractivity contribution in [3.05, 3.63) is 53.3 Å². The molecular formula is C15H11N3O3S. The van der Waals surface area contributed by atoms with Crippen molar-refractivity contribution in [2.24, 2.45) is 0 Å². The molecule has 0 atom stereocenters. The maximum atomic E-state index is 11.6. The molecule has 3 aromatic rings. The molecule has 0 radical (unpaired) electrons. The lowest BCUT2D eigenvalue weighted by Crippen LogP contribution is -2.05. The molecule has 0 fully saturated rings. The van der Waals surface area contributed by atoms with Crippen molar-refractivity contribution in [1.29, 1.82) is 0 Å². The Hall–Kier alpha value is -2.80. The highest BCUT2D eigenvalue weighted by molar-refractivity contribution is 7.15. The van der Waals surface area contributed by atoms with Crippen LogP contribution in [0.4, 0.5) is 0 Å². The molecule has 0 aliphatic rings. The van der Waals surface area contributed by atoms with Crippen molar-refractivity contribution in [2.75, 3.05) is 7.11 Å². The first-order chi connectivity index (χ1) is 10.8. The molecule has 0 N–H and O–H groups in total. The molecule has 0 saturated carbocycles. The number of thiazole rings is 1. The van der Waals surface area contributed by atoms with Gasteiger partial charge in [0.05, 0.1) is 19.1 Å². The third-order valence-corrected chi connectivity index (χ3v) is 3.79. The minimum Gasteiger partial charge on any atom is -0.465 e. The van der Waals surface area contributed by atoms with Crippen LogP contribution in [-0.2, 0) is 4.74 Å². The lowest BCUT2D eigenvalue weighted by atomic mass is 10.2. The standard InChI is InChI=1S/C15H11N3O3S/c1-20-15(19)11-8-16-9-18-12(11)5-4-10-7-17-14(22-10)13-3-2-6-21-13/h2-9H,1H3/b5-4+. The summed E-state index contributed by atoms with van der Waals surface area (Å²) in [6, 6.07) is 3.67. The first-order valence-corrected chi connectivity index (χ1v) is 7.15. The van der Waals surface area contributed by atoms with Crippen molar-refractivity contribution in [1.82, 2.24) is 15.0 Å². The largest absolute Gasteiger partial charge is 0.465 e. The summed E-state index contributed by atoms with van der Waals surface area (Å²) in [6.07, 6.45) is 9.71. The van der Waals surface area contributed by atoms with Crippen LogP contribution in [0.3, 0.4) is 0 Å². The van der Waals surface area contributed by atoms with E-state index in [1.54, 1.807) is 18.5 Å². The van der Waals surface area contributed by atoms with Gasteiger partial charge < -0.3 is 9.15 Å². The molecule has 6 nitrogen and oxygen atoms in total. The lowest BCUT2D eigenvalue weighted by molar-refractivity contribution is 0.0599. The Balaban J connectivity index is 1.85. The molecule has 0 spiro atoms. The number of furan rings is 1. The molecule has 22 heavy (non-hydrogen) atoms. The Kier molecular flexibility index (Phi) is 4.06. The van der Waals surface area contributed by atoms with Gasteiger partial charge in [0, 0.05) is 17.3 Å². The van der Waals surface area contributed by atoms with E-state index in [0.717, 1.165) is 15.6 Å². The number of aromatic nitrogens is 3. The topological polar surface area (TPSA) is 78.1 Å². The summed E-state index contributed by atoms with van der Waals surface area (Å²) in [4.78, 5) is 24.8. The van der Waals surface area contributed by atoms with E-state index in [4.69, 9.17) is 9.15 Å². The summed E-state index contributed by atoms with van der Waals surface area (Å²) >= 11 is 1.48. The first-order valence-electron chi connectivity index (χ1n) is 6.34. The van der Waals surface area contributed by atoms with Gasteiger partial charge in [-0.25, -0.2) is 19.7 Å². The molecular weight excluding hydrogens is 302 g/mol. The van der Waals surface area contributed by atoms with Crippen LogP contribution in [0, 0.1) is 0 Å². The highest BCUT2D eigenvalue weighted by Crippen LogP contribution is 2.26. The zero-order valence-corrected chi connectivity index (χ0v) is 12.4. The maximum Gasteiger partial charge on any atom is 0.341 e. The number of ether oxygens (including phenoxy) is 1. The second-order valence-electron chi connectivity index (χ2n) is 4.19. The fraction of sp³-hybridized carbons (Fsp3) is 0.0667. The third kappa shape index (κ3) is 2.94. The smallest absolute Gasteiger partial charge is 0.341 e. The first kappa shape index (κ1) is 14.2. The fourth-order valence-electron chi connectivity index (χ4n) is 1.78. The second-order valence-corrected chi connectivity index (χ2v) is 5.25. The van der Waals surface area contributed by atoms with Gasteiger partial charge in [-0.15, -0.1) is 11.3 Å². The van der Waals surface area contributed by atoms with Crippen molar-refractivity contribution in [2.45, 2.75) is 0 Å². The third-order valence-electron chi connectivity index (χ3n) is 2.81. The second kappa shape index (κ2) is 6.31. The quantitative estimate of drug-likeness (QED) is 0.689. The Bertz CT molecular complexity index is 809. The van der Waals surface area contributed by atoms with Crippen LogP contribution in [0.5, 0.6) is 0 Å². The number of carbonyl (C=O) groups is 1. The summed E-state index contributed by atoms with van der Waals surface area (Å²) in [7, 11) is 1.32. The van der Waals surface area contributed by atoms with Gasteiger partial charge in [0.25, 0.3) is 0 Å². The molecule has 3 heterocycles. The van der Waals surface area contributed by atoms with Gasteiger partial charge >= 0.3 is 5.97 Å². The van der Waals surface area contributed by atoms with E-state index in [2.05, 4.69) is 15.0 Å². The summed E-state index contributed by atoms with van der Waals surface area (Å²) in [5, 5.41) is 0.792. The number of hydrogen-bond donors (Lipinski definition) is 0. The van der Waals surface area contributed by atoms with E-state index in [-0.39, 0.29) is 0 Å². The Morgan fingerprint density at radius 1 is 1.32 bits per heavy atom. The number of esters is 1. The number of carbonyl (C=O) groups excluding carboxylic acids is 1. The van der Waals surface area contributed by atoms with Crippen molar-refractivity contribution >= 4 is 29.5 Å². The van der Waals surface area contributed by atoms with Crippen LogP contribution in [0.1, 0.15) is 20.9 Å². The van der Waals surface area contributed by atoms with Gasteiger partial charge in [-0.2, -0.15) is 0 Å². The molecule has 7 heteroatoms. The minimum absolute atomic E-state index is 0.317. The Morgan fingerprint density at radius 3 is 3.00 bits per heavy atom. The summed E-state index contributed by atoms with van der Waals surface area (Å²) in [5.74, 6) is 0.253. The number of nitrogens with zero attached hydrogens (tertiary/aromatic N) is 3. The Labute approximate surface area is 130 Å². The molecule has 0 bridgehead atoms.